The number of rotatable bonds is 5. The van der Waals surface area contributed by atoms with Crippen molar-refractivity contribution < 1.29 is 0 Å². The normalized spacial score (nSPS) is 12.1. The lowest BCUT2D eigenvalue weighted by atomic mass is 10.2. The Bertz CT molecular complexity index is 761. The molecule has 4 nitrogen and oxygen atoms in total. The van der Waals surface area contributed by atoms with Crippen LogP contribution in [-0.2, 0) is 0 Å². The minimum atomic E-state index is 0.264. The summed E-state index contributed by atoms with van der Waals surface area (Å²) >= 11 is 6.00. The van der Waals surface area contributed by atoms with Crippen LogP contribution in [0.4, 0.5) is 11.5 Å². The van der Waals surface area contributed by atoms with E-state index >= 15 is 0 Å². The van der Waals surface area contributed by atoms with Crippen molar-refractivity contribution in [1.29, 1.82) is 0 Å². The van der Waals surface area contributed by atoms with E-state index in [1.807, 2.05) is 36.4 Å². The van der Waals surface area contributed by atoms with Gasteiger partial charge in [-0.3, -0.25) is 0 Å². The van der Waals surface area contributed by atoms with E-state index in [0.717, 1.165) is 29.0 Å². The minimum Gasteiger partial charge on any atom is -0.381 e. The van der Waals surface area contributed by atoms with Crippen LogP contribution in [0.2, 0.25) is 5.02 Å². The Hall–Kier alpha value is -2.33. The van der Waals surface area contributed by atoms with Gasteiger partial charge in [0, 0.05) is 28.7 Å². The van der Waals surface area contributed by atoms with Crippen molar-refractivity contribution in [3.63, 3.8) is 0 Å². The van der Waals surface area contributed by atoms with E-state index in [0.29, 0.717) is 5.02 Å². The molecule has 2 aromatic carbocycles. The number of anilines is 2. The molecule has 0 amide bonds. The van der Waals surface area contributed by atoms with Crippen LogP contribution in [0, 0.1) is 0 Å². The van der Waals surface area contributed by atoms with E-state index in [9.17, 15) is 0 Å². The van der Waals surface area contributed by atoms with Gasteiger partial charge < -0.3 is 10.6 Å². The molecule has 0 spiro atoms. The van der Waals surface area contributed by atoms with Crippen LogP contribution in [-0.4, -0.2) is 22.6 Å². The number of halogens is 1. The molecule has 0 saturated heterocycles. The molecule has 3 aromatic rings. The first-order valence-electron chi connectivity index (χ1n) is 7.18. The SMILES string of the molecule is CC(CNc1ncnc2cc(Cl)ccc12)Nc1ccccc1. The van der Waals surface area contributed by atoms with Crippen LogP contribution in [0.15, 0.2) is 54.9 Å². The maximum absolute atomic E-state index is 6.00. The smallest absolute Gasteiger partial charge is 0.137 e. The summed E-state index contributed by atoms with van der Waals surface area (Å²) < 4.78 is 0. The molecule has 1 atom stereocenters. The van der Waals surface area contributed by atoms with Gasteiger partial charge in [-0.15, -0.1) is 0 Å². The van der Waals surface area contributed by atoms with Gasteiger partial charge >= 0.3 is 0 Å². The Morgan fingerprint density at radius 1 is 1.09 bits per heavy atom. The number of nitrogens with zero attached hydrogens (tertiary/aromatic N) is 2. The first kappa shape index (κ1) is 14.6. The third-order valence-corrected chi connectivity index (χ3v) is 3.60. The van der Waals surface area contributed by atoms with Crippen LogP contribution in [0.3, 0.4) is 0 Å². The maximum Gasteiger partial charge on any atom is 0.137 e. The molecular weight excluding hydrogens is 296 g/mol. The highest BCUT2D eigenvalue weighted by atomic mass is 35.5. The van der Waals surface area contributed by atoms with Crippen molar-refractivity contribution in [2.24, 2.45) is 0 Å². The highest BCUT2D eigenvalue weighted by Crippen LogP contribution is 2.22. The van der Waals surface area contributed by atoms with Crippen molar-refractivity contribution in [2.45, 2.75) is 13.0 Å². The quantitative estimate of drug-likeness (QED) is 0.741. The number of hydrogen-bond donors (Lipinski definition) is 2. The summed E-state index contributed by atoms with van der Waals surface area (Å²) in [6.07, 6.45) is 1.55. The molecule has 0 aliphatic carbocycles. The summed E-state index contributed by atoms with van der Waals surface area (Å²) in [6.45, 7) is 2.88. The zero-order valence-corrected chi connectivity index (χ0v) is 13.0. The Labute approximate surface area is 134 Å². The molecule has 1 unspecified atom stereocenters. The molecule has 0 fully saturated rings. The molecule has 112 valence electrons. The predicted molar refractivity (Wildman–Crippen MR) is 92.6 cm³/mol. The topological polar surface area (TPSA) is 49.8 Å². The summed E-state index contributed by atoms with van der Waals surface area (Å²) in [6, 6.07) is 16.0. The zero-order chi connectivity index (χ0) is 15.4. The molecular formula is C17H17ClN4. The number of nitrogens with one attached hydrogen (secondary N) is 2. The number of fused-ring (bicyclic) bond motifs is 1. The van der Waals surface area contributed by atoms with Crippen molar-refractivity contribution in [3.8, 4) is 0 Å². The van der Waals surface area contributed by atoms with Crippen molar-refractivity contribution in [3.05, 3.63) is 59.9 Å². The lowest BCUT2D eigenvalue weighted by Gasteiger charge is -2.17. The van der Waals surface area contributed by atoms with E-state index < -0.39 is 0 Å². The molecule has 0 saturated carbocycles. The summed E-state index contributed by atoms with van der Waals surface area (Å²) in [4.78, 5) is 8.57. The third kappa shape index (κ3) is 3.46. The fourth-order valence-electron chi connectivity index (χ4n) is 2.29. The van der Waals surface area contributed by atoms with Gasteiger partial charge in [-0.2, -0.15) is 0 Å². The van der Waals surface area contributed by atoms with E-state index in [4.69, 9.17) is 11.6 Å². The molecule has 0 aliphatic rings. The van der Waals surface area contributed by atoms with Gasteiger partial charge in [-0.05, 0) is 37.3 Å². The molecule has 2 N–H and O–H groups in total. The predicted octanol–water partition coefficient (Wildman–Crippen LogP) is 4.20. The molecule has 5 heteroatoms. The number of para-hydroxylation sites is 1. The third-order valence-electron chi connectivity index (χ3n) is 3.36. The largest absolute Gasteiger partial charge is 0.381 e. The highest BCUT2D eigenvalue weighted by molar-refractivity contribution is 6.31. The minimum absolute atomic E-state index is 0.264. The second-order valence-corrected chi connectivity index (χ2v) is 5.61. The average Bonchev–Trinajstić information content (AvgIpc) is 2.53. The van der Waals surface area contributed by atoms with Crippen LogP contribution in [0.5, 0.6) is 0 Å². The first-order valence-corrected chi connectivity index (χ1v) is 7.56. The van der Waals surface area contributed by atoms with Gasteiger partial charge in [0.15, 0.2) is 0 Å². The Kier molecular flexibility index (Phi) is 4.39. The summed E-state index contributed by atoms with van der Waals surface area (Å²) in [5, 5.41) is 8.46. The Balaban J connectivity index is 1.69. The first-order chi connectivity index (χ1) is 10.7. The number of hydrogen-bond acceptors (Lipinski definition) is 4. The van der Waals surface area contributed by atoms with Crippen LogP contribution in [0.1, 0.15) is 6.92 Å². The average molecular weight is 313 g/mol. The van der Waals surface area contributed by atoms with Crippen molar-refractivity contribution in [1.82, 2.24) is 9.97 Å². The van der Waals surface area contributed by atoms with Gasteiger partial charge in [0.25, 0.3) is 0 Å². The zero-order valence-electron chi connectivity index (χ0n) is 12.3. The fourth-order valence-corrected chi connectivity index (χ4v) is 2.46. The number of benzene rings is 2. The molecule has 22 heavy (non-hydrogen) atoms. The van der Waals surface area contributed by atoms with Crippen molar-refractivity contribution in [2.75, 3.05) is 17.2 Å². The molecule has 0 aliphatic heterocycles. The summed E-state index contributed by atoms with van der Waals surface area (Å²) in [7, 11) is 0. The lowest BCUT2D eigenvalue weighted by Crippen LogP contribution is -2.25. The molecule has 1 heterocycles. The van der Waals surface area contributed by atoms with Gasteiger partial charge in [0.2, 0.25) is 0 Å². The van der Waals surface area contributed by atoms with Crippen LogP contribution < -0.4 is 10.6 Å². The van der Waals surface area contributed by atoms with Gasteiger partial charge in [-0.25, -0.2) is 9.97 Å². The Morgan fingerprint density at radius 3 is 2.73 bits per heavy atom. The van der Waals surface area contributed by atoms with Gasteiger partial charge in [0.05, 0.1) is 5.52 Å². The Morgan fingerprint density at radius 2 is 1.91 bits per heavy atom. The van der Waals surface area contributed by atoms with Gasteiger partial charge in [0.1, 0.15) is 12.1 Å². The van der Waals surface area contributed by atoms with E-state index in [1.54, 1.807) is 6.33 Å². The standard InChI is InChI=1S/C17H17ClN4/c1-12(22-14-5-3-2-4-6-14)10-19-17-15-8-7-13(18)9-16(15)20-11-21-17/h2-9,11-12,22H,10H2,1H3,(H,19,20,21). The van der Waals surface area contributed by atoms with Crippen molar-refractivity contribution >= 4 is 34.0 Å². The highest BCUT2D eigenvalue weighted by Gasteiger charge is 2.06. The molecule has 0 bridgehead atoms. The summed E-state index contributed by atoms with van der Waals surface area (Å²) in [5.74, 6) is 0.823. The lowest BCUT2D eigenvalue weighted by molar-refractivity contribution is 0.832. The van der Waals surface area contributed by atoms with Crippen LogP contribution >= 0.6 is 11.6 Å². The second kappa shape index (κ2) is 6.62. The number of aromatic nitrogens is 2. The van der Waals surface area contributed by atoms with Crippen LogP contribution in [0.25, 0.3) is 10.9 Å². The van der Waals surface area contributed by atoms with Gasteiger partial charge in [-0.1, -0.05) is 29.8 Å². The fraction of sp³-hybridized carbons (Fsp3) is 0.176. The molecule has 0 radical (unpaired) electrons. The molecule has 1 aromatic heterocycles. The monoisotopic (exact) mass is 312 g/mol. The van der Waals surface area contributed by atoms with E-state index in [1.165, 1.54) is 0 Å². The second-order valence-electron chi connectivity index (χ2n) is 5.18. The molecule has 3 rings (SSSR count). The van der Waals surface area contributed by atoms with E-state index in [-0.39, 0.29) is 6.04 Å². The van der Waals surface area contributed by atoms with E-state index in [2.05, 4.69) is 39.7 Å². The summed E-state index contributed by atoms with van der Waals surface area (Å²) in [5.41, 5.74) is 1.95. The maximum atomic E-state index is 6.00.